The quantitative estimate of drug-likeness (QED) is 0.732. The lowest BCUT2D eigenvalue weighted by molar-refractivity contribution is -0.0582. The van der Waals surface area contributed by atoms with E-state index in [0.717, 1.165) is 32.7 Å². The monoisotopic (exact) mass is 383 g/mol. The van der Waals surface area contributed by atoms with Crippen LogP contribution >= 0.6 is 0 Å². The Labute approximate surface area is 168 Å². The van der Waals surface area contributed by atoms with Gasteiger partial charge in [0.1, 0.15) is 0 Å². The molecule has 2 aliphatic rings. The molecule has 0 spiro atoms. The molecule has 0 aromatic heterocycles. The molecule has 1 unspecified atom stereocenters. The molecule has 2 saturated heterocycles. The van der Waals surface area contributed by atoms with Gasteiger partial charge in [-0.05, 0) is 80.8 Å². The second-order valence-electron chi connectivity index (χ2n) is 10.4. The lowest BCUT2D eigenvalue weighted by atomic mass is 9.93. The van der Waals surface area contributed by atoms with E-state index in [2.05, 4.69) is 63.2 Å². The number of aliphatic hydroxyl groups excluding tert-OH is 1. The highest BCUT2D eigenvalue weighted by molar-refractivity contribution is 4.94. The van der Waals surface area contributed by atoms with E-state index in [1.807, 2.05) is 0 Å². The first kappa shape index (κ1) is 23.1. The zero-order chi connectivity index (χ0) is 20.2. The van der Waals surface area contributed by atoms with Crippen molar-refractivity contribution in [2.45, 2.75) is 97.0 Å². The van der Waals surface area contributed by atoms with Crippen LogP contribution in [0.1, 0.15) is 67.7 Å². The molecule has 0 amide bonds. The van der Waals surface area contributed by atoms with E-state index in [4.69, 9.17) is 4.74 Å². The third-order valence-corrected chi connectivity index (χ3v) is 6.54. The third-order valence-electron chi connectivity index (χ3n) is 6.54. The summed E-state index contributed by atoms with van der Waals surface area (Å²) in [6, 6.07) is 1.54. The van der Waals surface area contributed by atoms with Gasteiger partial charge in [0.15, 0.2) is 0 Å². The lowest BCUT2D eigenvalue weighted by Crippen LogP contribution is -2.63. The highest BCUT2D eigenvalue weighted by Crippen LogP contribution is 2.27. The average Bonchev–Trinajstić information content (AvgIpc) is 2.60. The van der Waals surface area contributed by atoms with Gasteiger partial charge >= 0.3 is 0 Å². The molecule has 0 radical (unpaired) electrons. The fourth-order valence-corrected chi connectivity index (χ4v) is 4.56. The normalized spacial score (nSPS) is 25.4. The van der Waals surface area contributed by atoms with Gasteiger partial charge in [-0.3, -0.25) is 9.80 Å². The predicted molar refractivity (Wildman–Crippen MR) is 113 cm³/mol. The summed E-state index contributed by atoms with van der Waals surface area (Å²) in [7, 11) is 0. The molecule has 2 fully saturated rings. The molecule has 5 nitrogen and oxygen atoms in total. The lowest BCUT2D eigenvalue weighted by Gasteiger charge is -2.51. The summed E-state index contributed by atoms with van der Waals surface area (Å²) in [5, 5.41) is 10.1. The van der Waals surface area contributed by atoms with Gasteiger partial charge in [-0.1, -0.05) is 0 Å². The molecule has 0 aromatic rings. The van der Waals surface area contributed by atoms with Gasteiger partial charge in [-0.2, -0.15) is 0 Å². The van der Waals surface area contributed by atoms with Crippen LogP contribution in [0.3, 0.4) is 0 Å². The molecule has 2 aliphatic heterocycles. The molecule has 0 saturated carbocycles. The van der Waals surface area contributed by atoms with Crippen molar-refractivity contribution in [1.82, 2.24) is 14.7 Å². The van der Waals surface area contributed by atoms with Crippen molar-refractivity contribution in [3.8, 4) is 0 Å². The van der Waals surface area contributed by atoms with Gasteiger partial charge in [0.25, 0.3) is 0 Å². The van der Waals surface area contributed by atoms with Crippen molar-refractivity contribution in [3.63, 3.8) is 0 Å². The summed E-state index contributed by atoms with van der Waals surface area (Å²) < 4.78 is 5.96. The fraction of sp³-hybridized carbons (Fsp3) is 1.00. The number of aliphatic hydroxyl groups is 1. The van der Waals surface area contributed by atoms with Gasteiger partial charge in [0, 0.05) is 49.9 Å². The van der Waals surface area contributed by atoms with Crippen LogP contribution in [0.5, 0.6) is 0 Å². The zero-order valence-electron chi connectivity index (χ0n) is 19.0. The summed E-state index contributed by atoms with van der Waals surface area (Å²) in [6.45, 7) is 22.1. The number of nitrogens with zero attached hydrogens (tertiary/aromatic N) is 3. The number of hydrogen-bond acceptors (Lipinski definition) is 5. The molecular formula is C22H45N3O2. The number of piperazine rings is 1. The summed E-state index contributed by atoms with van der Waals surface area (Å²) in [4.78, 5) is 7.76. The van der Waals surface area contributed by atoms with Crippen LogP contribution in [-0.4, -0.2) is 95.0 Å². The second kappa shape index (κ2) is 9.53. The van der Waals surface area contributed by atoms with Crippen molar-refractivity contribution in [2.75, 3.05) is 45.9 Å². The zero-order valence-corrected chi connectivity index (χ0v) is 19.0. The van der Waals surface area contributed by atoms with E-state index in [-0.39, 0.29) is 23.8 Å². The Bertz CT molecular complexity index is 439. The smallest absolute Gasteiger partial charge is 0.0599 e. The maximum Gasteiger partial charge on any atom is 0.0599 e. The Balaban J connectivity index is 1.88. The molecule has 0 aliphatic carbocycles. The molecule has 27 heavy (non-hydrogen) atoms. The second-order valence-corrected chi connectivity index (χ2v) is 10.4. The van der Waals surface area contributed by atoms with Crippen LogP contribution in [0, 0.1) is 0 Å². The Morgan fingerprint density at radius 3 is 2.15 bits per heavy atom. The number of piperidine rings is 1. The first-order chi connectivity index (χ1) is 12.5. The van der Waals surface area contributed by atoms with E-state index < -0.39 is 0 Å². The van der Waals surface area contributed by atoms with Gasteiger partial charge in [0.2, 0.25) is 0 Å². The van der Waals surface area contributed by atoms with E-state index in [9.17, 15) is 5.11 Å². The highest BCUT2D eigenvalue weighted by Gasteiger charge is 2.38. The Kier molecular flexibility index (Phi) is 8.15. The molecule has 5 heteroatoms. The van der Waals surface area contributed by atoms with Crippen molar-refractivity contribution in [3.05, 3.63) is 0 Å². The van der Waals surface area contributed by atoms with E-state index in [0.29, 0.717) is 12.1 Å². The predicted octanol–water partition coefficient (Wildman–Crippen LogP) is 2.82. The van der Waals surface area contributed by atoms with Crippen LogP contribution < -0.4 is 0 Å². The van der Waals surface area contributed by atoms with Gasteiger partial charge in [-0.25, -0.2) is 0 Å². The summed E-state index contributed by atoms with van der Waals surface area (Å²) in [6.07, 6.45) is 3.49. The van der Waals surface area contributed by atoms with Crippen molar-refractivity contribution >= 4 is 0 Å². The SMILES string of the molecule is CC(C)N1CCC(N2CCN(C(C)(C)CCOC(C)(C)C)CC2CO)CC1. The minimum absolute atomic E-state index is 0.0761. The van der Waals surface area contributed by atoms with E-state index >= 15 is 0 Å². The van der Waals surface area contributed by atoms with Crippen LogP contribution in [0.2, 0.25) is 0 Å². The number of rotatable bonds is 7. The standard InChI is InChI=1S/C22H45N3O2/c1-18(2)23-11-8-19(9-12-23)25-14-13-24(16-20(25)17-26)22(6,7)10-15-27-21(3,4)5/h18-20,26H,8-17H2,1-7H3. The highest BCUT2D eigenvalue weighted by atomic mass is 16.5. The number of likely N-dealkylation sites (tertiary alicyclic amines) is 1. The fourth-order valence-electron chi connectivity index (χ4n) is 4.56. The number of ether oxygens (including phenoxy) is 1. The third kappa shape index (κ3) is 6.67. The summed E-state index contributed by atoms with van der Waals surface area (Å²) in [5.74, 6) is 0. The van der Waals surface area contributed by atoms with E-state index in [1.54, 1.807) is 0 Å². The largest absolute Gasteiger partial charge is 0.395 e. The molecular weight excluding hydrogens is 338 g/mol. The van der Waals surface area contributed by atoms with Crippen molar-refractivity contribution in [1.29, 1.82) is 0 Å². The van der Waals surface area contributed by atoms with Crippen LogP contribution in [0.4, 0.5) is 0 Å². The summed E-state index contributed by atoms with van der Waals surface area (Å²) >= 11 is 0. The minimum atomic E-state index is -0.0761. The molecule has 2 rings (SSSR count). The molecule has 2 heterocycles. The number of hydrogen-bond donors (Lipinski definition) is 1. The Morgan fingerprint density at radius 1 is 1.00 bits per heavy atom. The minimum Gasteiger partial charge on any atom is -0.395 e. The van der Waals surface area contributed by atoms with Crippen molar-refractivity contribution < 1.29 is 9.84 Å². The van der Waals surface area contributed by atoms with Gasteiger partial charge in [0.05, 0.1) is 12.2 Å². The van der Waals surface area contributed by atoms with E-state index in [1.165, 1.54) is 25.9 Å². The Morgan fingerprint density at radius 2 is 1.63 bits per heavy atom. The first-order valence-electron chi connectivity index (χ1n) is 11.0. The Hall–Kier alpha value is -0.200. The van der Waals surface area contributed by atoms with Crippen LogP contribution in [-0.2, 0) is 4.74 Å². The molecule has 1 N–H and O–H groups in total. The van der Waals surface area contributed by atoms with Crippen LogP contribution in [0.15, 0.2) is 0 Å². The molecule has 0 bridgehead atoms. The van der Waals surface area contributed by atoms with Crippen LogP contribution in [0.25, 0.3) is 0 Å². The summed E-state index contributed by atoms with van der Waals surface area (Å²) in [5.41, 5.74) is 0.0268. The molecule has 160 valence electrons. The van der Waals surface area contributed by atoms with Gasteiger partial charge in [-0.15, -0.1) is 0 Å². The van der Waals surface area contributed by atoms with Gasteiger partial charge < -0.3 is 14.7 Å². The molecule has 0 aromatic carbocycles. The molecule has 1 atom stereocenters. The maximum absolute atomic E-state index is 10.1. The maximum atomic E-state index is 10.1. The van der Waals surface area contributed by atoms with Crippen molar-refractivity contribution in [2.24, 2.45) is 0 Å². The average molecular weight is 384 g/mol. The first-order valence-corrected chi connectivity index (χ1v) is 11.0. The topological polar surface area (TPSA) is 39.2 Å².